The van der Waals surface area contributed by atoms with E-state index < -0.39 is 0 Å². The minimum atomic E-state index is -0.233. The van der Waals surface area contributed by atoms with E-state index >= 15 is 0 Å². The number of thioether (sulfide) groups is 1. The van der Waals surface area contributed by atoms with Crippen molar-refractivity contribution in [1.29, 1.82) is 0 Å². The summed E-state index contributed by atoms with van der Waals surface area (Å²) in [5.41, 5.74) is 3.67. The molecule has 2 aromatic heterocycles. The van der Waals surface area contributed by atoms with Crippen LogP contribution in [0.3, 0.4) is 0 Å². The Hall–Kier alpha value is -1.89. The van der Waals surface area contributed by atoms with Gasteiger partial charge in [-0.05, 0) is 46.4 Å². The van der Waals surface area contributed by atoms with E-state index in [-0.39, 0.29) is 11.9 Å². The van der Waals surface area contributed by atoms with Crippen LogP contribution in [0.5, 0.6) is 0 Å². The van der Waals surface area contributed by atoms with Crippen LogP contribution in [0, 0.1) is 20.8 Å². The predicted molar refractivity (Wildman–Crippen MR) is 93.2 cm³/mol. The largest absolute Gasteiger partial charge is 0.317 e. The summed E-state index contributed by atoms with van der Waals surface area (Å²) in [6, 6.07) is 1.94. The molecule has 0 atom stereocenters. The zero-order valence-corrected chi connectivity index (χ0v) is 15.3. The molecule has 0 aliphatic heterocycles. The van der Waals surface area contributed by atoms with Gasteiger partial charge in [0, 0.05) is 11.7 Å². The maximum absolute atomic E-state index is 12.6. The summed E-state index contributed by atoms with van der Waals surface area (Å²) < 4.78 is 1.91. The third kappa shape index (κ3) is 3.90. The fourth-order valence-electron chi connectivity index (χ4n) is 2.38. The molecule has 124 valence electrons. The lowest BCUT2D eigenvalue weighted by Gasteiger charge is -2.10. The van der Waals surface area contributed by atoms with Crippen molar-refractivity contribution in [3.63, 3.8) is 0 Å². The van der Waals surface area contributed by atoms with E-state index in [1.54, 1.807) is 6.07 Å². The van der Waals surface area contributed by atoms with Crippen LogP contribution >= 0.6 is 11.8 Å². The van der Waals surface area contributed by atoms with E-state index in [2.05, 4.69) is 34.2 Å². The van der Waals surface area contributed by atoms with Gasteiger partial charge in [-0.15, -0.1) is 0 Å². The van der Waals surface area contributed by atoms with Crippen molar-refractivity contribution in [2.75, 3.05) is 11.1 Å². The first kappa shape index (κ1) is 17.5. The van der Waals surface area contributed by atoms with E-state index in [1.807, 2.05) is 32.4 Å². The molecule has 0 unspecified atom stereocenters. The van der Waals surface area contributed by atoms with Crippen LogP contribution in [-0.2, 0) is 0 Å². The summed E-state index contributed by atoms with van der Waals surface area (Å²) >= 11 is 1.52. The molecule has 23 heavy (non-hydrogen) atoms. The first-order valence-corrected chi connectivity index (χ1v) is 8.67. The van der Waals surface area contributed by atoms with Gasteiger partial charge in [0.1, 0.15) is 5.69 Å². The lowest BCUT2D eigenvalue weighted by molar-refractivity contribution is 0.102. The molecule has 0 aromatic carbocycles. The van der Waals surface area contributed by atoms with Gasteiger partial charge < -0.3 is 5.32 Å². The topological polar surface area (TPSA) is 72.7 Å². The van der Waals surface area contributed by atoms with Crippen LogP contribution in [0.4, 0.5) is 5.69 Å². The van der Waals surface area contributed by atoms with E-state index in [9.17, 15) is 4.79 Å². The molecular formula is C16H23N5OS. The van der Waals surface area contributed by atoms with Crippen molar-refractivity contribution in [3.8, 4) is 0 Å². The molecule has 2 aromatic rings. The van der Waals surface area contributed by atoms with Crippen LogP contribution in [0.1, 0.15) is 54.4 Å². The molecule has 1 amide bonds. The van der Waals surface area contributed by atoms with Crippen LogP contribution in [0.2, 0.25) is 0 Å². The smallest absolute Gasteiger partial charge is 0.274 e. The third-order valence-electron chi connectivity index (χ3n) is 3.39. The number of nitrogens with one attached hydrogen (secondary N) is 1. The maximum Gasteiger partial charge on any atom is 0.274 e. The normalized spacial score (nSPS) is 11.1. The van der Waals surface area contributed by atoms with E-state index in [1.165, 1.54) is 11.8 Å². The van der Waals surface area contributed by atoms with Gasteiger partial charge in [-0.25, -0.2) is 9.97 Å². The zero-order chi connectivity index (χ0) is 17.1. The Balaban J connectivity index is 2.29. The van der Waals surface area contributed by atoms with Crippen LogP contribution in [-0.4, -0.2) is 31.4 Å². The molecule has 2 heterocycles. The highest BCUT2D eigenvalue weighted by atomic mass is 32.2. The summed E-state index contributed by atoms with van der Waals surface area (Å²) in [5.74, 6) is 0.632. The molecule has 7 heteroatoms. The van der Waals surface area contributed by atoms with Gasteiger partial charge in [0.05, 0.1) is 17.1 Å². The Morgan fingerprint density at radius 1 is 1.30 bits per heavy atom. The quantitative estimate of drug-likeness (QED) is 0.669. The second-order valence-electron chi connectivity index (χ2n) is 5.65. The fourth-order valence-corrected chi connectivity index (χ4v) is 3.01. The van der Waals surface area contributed by atoms with Crippen molar-refractivity contribution < 1.29 is 4.79 Å². The number of aromatic nitrogens is 4. The molecule has 0 aliphatic carbocycles. The van der Waals surface area contributed by atoms with Crippen molar-refractivity contribution in [3.05, 3.63) is 28.8 Å². The number of nitrogens with zero attached hydrogens (tertiary/aromatic N) is 4. The monoisotopic (exact) mass is 333 g/mol. The highest BCUT2D eigenvalue weighted by Crippen LogP contribution is 2.23. The minimum Gasteiger partial charge on any atom is -0.317 e. The lowest BCUT2D eigenvalue weighted by Crippen LogP contribution is -2.16. The first-order valence-electron chi connectivity index (χ1n) is 7.69. The molecule has 0 fully saturated rings. The second kappa shape index (κ2) is 7.12. The number of anilines is 1. The van der Waals surface area contributed by atoms with Crippen LogP contribution in [0.15, 0.2) is 11.2 Å². The van der Waals surface area contributed by atoms with Crippen LogP contribution in [0.25, 0.3) is 0 Å². The van der Waals surface area contributed by atoms with E-state index in [0.717, 1.165) is 28.5 Å². The Morgan fingerprint density at radius 3 is 2.57 bits per heavy atom. The van der Waals surface area contributed by atoms with E-state index in [4.69, 9.17) is 0 Å². The zero-order valence-electron chi connectivity index (χ0n) is 14.5. The molecule has 0 aliphatic rings. The summed E-state index contributed by atoms with van der Waals surface area (Å²) in [4.78, 5) is 21.2. The highest BCUT2D eigenvalue weighted by molar-refractivity contribution is 7.99. The lowest BCUT2D eigenvalue weighted by atomic mass is 10.2. The van der Waals surface area contributed by atoms with Gasteiger partial charge in [0.15, 0.2) is 5.16 Å². The van der Waals surface area contributed by atoms with Crippen molar-refractivity contribution in [1.82, 2.24) is 19.7 Å². The Bertz CT molecular complexity index is 724. The van der Waals surface area contributed by atoms with Gasteiger partial charge in [-0.1, -0.05) is 18.7 Å². The average Bonchev–Trinajstić information content (AvgIpc) is 2.75. The number of aryl methyl sites for hydroxylation is 2. The molecule has 1 N–H and O–H groups in total. The number of amides is 1. The van der Waals surface area contributed by atoms with Crippen molar-refractivity contribution in [2.24, 2.45) is 0 Å². The Kier molecular flexibility index (Phi) is 5.41. The fraction of sp³-hybridized carbons (Fsp3) is 0.500. The van der Waals surface area contributed by atoms with Gasteiger partial charge in [-0.2, -0.15) is 5.10 Å². The predicted octanol–water partition coefficient (Wildman–Crippen LogP) is 3.54. The molecule has 0 radical (unpaired) electrons. The number of carbonyl (C=O) groups excluding carboxylic acids is 1. The number of rotatable bonds is 5. The highest BCUT2D eigenvalue weighted by Gasteiger charge is 2.18. The molecule has 2 rings (SSSR count). The van der Waals surface area contributed by atoms with Crippen molar-refractivity contribution in [2.45, 2.75) is 52.7 Å². The minimum absolute atomic E-state index is 0.233. The standard InChI is InChI=1S/C16H23N5OS/c1-7-23-16-17-10(4)8-13(18-16)15(22)19-14-11(5)20-21(9(2)3)12(14)6/h8-9H,7H2,1-6H3,(H,19,22). The number of hydrogen-bond acceptors (Lipinski definition) is 5. The Labute approximate surface area is 141 Å². The molecule has 0 saturated carbocycles. The van der Waals surface area contributed by atoms with Gasteiger partial charge in [0.25, 0.3) is 5.91 Å². The SMILES string of the molecule is CCSc1nc(C)cc(C(=O)Nc2c(C)nn(C(C)C)c2C)n1. The Morgan fingerprint density at radius 2 is 2.00 bits per heavy atom. The van der Waals surface area contributed by atoms with E-state index in [0.29, 0.717) is 10.9 Å². The van der Waals surface area contributed by atoms with Gasteiger partial charge in [-0.3, -0.25) is 9.48 Å². The number of hydrogen-bond donors (Lipinski definition) is 1. The summed E-state index contributed by atoms with van der Waals surface area (Å²) in [7, 11) is 0. The summed E-state index contributed by atoms with van der Waals surface area (Å²) in [6.45, 7) is 11.9. The second-order valence-corrected chi connectivity index (χ2v) is 6.88. The first-order chi connectivity index (χ1) is 10.8. The summed E-state index contributed by atoms with van der Waals surface area (Å²) in [5, 5.41) is 8.06. The third-order valence-corrected chi connectivity index (χ3v) is 4.12. The summed E-state index contributed by atoms with van der Waals surface area (Å²) in [6.07, 6.45) is 0. The van der Waals surface area contributed by atoms with Crippen molar-refractivity contribution >= 4 is 23.4 Å². The maximum atomic E-state index is 12.6. The molecule has 0 spiro atoms. The van der Waals surface area contributed by atoms with Gasteiger partial charge in [0.2, 0.25) is 0 Å². The molecule has 0 saturated heterocycles. The average molecular weight is 333 g/mol. The van der Waals surface area contributed by atoms with Crippen LogP contribution < -0.4 is 5.32 Å². The molecular weight excluding hydrogens is 310 g/mol. The number of carbonyl (C=O) groups is 1. The van der Waals surface area contributed by atoms with Gasteiger partial charge >= 0.3 is 0 Å². The molecule has 0 bridgehead atoms. The molecule has 6 nitrogen and oxygen atoms in total.